The molecule has 0 fully saturated rings. The van der Waals surface area contributed by atoms with E-state index in [2.05, 4.69) is 0 Å². The van der Waals surface area contributed by atoms with E-state index in [-0.39, 0.29) is 9.92 Å². The zero-order valence-corrected chi connectivity index (χ0v) is 6.98. The number of benzene rings is 1. The fraction of sp³-hybridized carbons (Fsp3) is 0. The first kappa shape index (κ1) is 8.52. The highest BCUT2D eigenvalue weighted by atomic mass is 35.5. The minimum atomic E-state index is -2.29. The van der Waals surface area contributed by atoms with Crippen LogP contribution >= 0.6 is 11.6 Å². The molecule has 0 heterocycles. The van der Waals surface area contributed by atoms with Crippen LogP contribution in [0.4, 0.5) is 5.69 Å². The Morgan fingerprint density at radius 3 is 2.64 bits per heavy atom. The average Bonchev–Trinajstić information content (AvgIpc) is 1.85. The largest absolute Gasteiger partial charge is 0.768 e. The molecule has 1 rings (SSSR count). The highest BCUT2D eigenvalue weighted by Crippen LogP contribution is 2.21. The Labute approximate surface area is 71.5 Å². The quantitative estimate of drug-likeness (QED) is 0.534. The van der Waals surface area contributed by atoms with Crippen molar-refractivity contribution in [3.05, 3.63) is 23.2 Å². The number of halogens is 1. The monoisotopic (exact) mass is 190 g/mol. The maximum Gasteiger partial charge on any atom is 0.0576 e. The van der Waals surface area contributed by atoms with Crippen molar-refractivity contribution in [3.63, 3.8) is 0 Å². The van der Waals surface area contributed by atoms with Gasteiger partial charge >= 0.3 is 0 Å². The van der Waals surface area contributed by atoms with Gasteiger partial charge in [0.25, 0.3) is 0 Å². The summed E-state index contributed by atoms with van der Waals surface area (Å²) in [6, 6.07) is 4.24. The standard InChI is InChI=1S/C6H6ClNO2S/c7-5-3-4(8)1-2-6(5)11(9)10/h1-3H,8H2,(H,9,10)/p-1. The normalized spacial score (nSPS) is 12.9. The third-order valence-corrected chi connectivity index (χ3v) is 2.28. The molecule has 1 aromatic rings. The number of anilines is 1. The van der Waals surface area contributed by atoms with Crippen LogP contribution in [0.25, 0.3) is 0 Å². The fourth-order valence-corrected chi connectivity index (χ4v) is 1.43. The topological polar surface area (TPSA) is 66.2 Å². The van der Waals surface area contributed by atoms with Gasteiger partial charge in [-0.05, 0) is 29.3 Å². The number of hydrogen-bond acceptors (Lipinski definition) is 3. The van der Waals surface area contributed by atoms with Crippen molar-refractivity contribution in [2.75, 3.05) is 5.73 Å². The van der Waals surface area contributed by atoms with Gasteiger partial charge in [-0.3, -0.25) is 4.21 Å². The van der Waals surface area contributed by atoms with Crippen LogP contribution in [0.15, 0.2) is 23.1 Å². The molecule has 0 amide bonds. The molecule has 60 valence electrons. The average molecular weight is 191 g/mol. The summed E-state index contributed by atoms with van der Waals surface area (Å²) < 4.78 is 20.8. The van der Waals surface area contributed by atoms with E-state index in [1.54, 1.807) is 0 Å². The van der Waals surface area contributed by atoms with E-state index in [1.807, 2.05) is 0 Å². The Balaban J connectivity index is 3.20. The van der Waals surface area contributed by atoms with Crippen molar-refractivity contribution in [2.24, 2.45) is 0 Å². The van der Waals surface area contributed by atoms with Crippen LogP contribution in [0, 0.1) is 0 Å². The van der Waals surface area contributed by atoms with E-state index >= 15 is 0 Å². The van der Waals surface area contributed by atoms with Gasteiger partial charge in [0.1, 0.15) is 0 Å². The molecule has 0 aliphatic carbocycles. The number of nitrogens with two attached hydrogens (primary N) is 1. The van der Waals surface area contributed by atoms with Crippen molar-refractivity contribution in [1.29, 1.82) is 0 Å². The van der Waals surface area contributed by atoms with E-state index in [0.717, 1.165) is 0 Å². The molecule has 0 spiro atoms. The van der Waals surface area contributed by atoms with Crippen molar-refractivity contribution in [1.82, 2.24) is 0 Å². The lowest BCUT2D eigenvalue weighted by molar-refractivity contribution is 0.537. The molecule has 0 aliphatic rings. The molecule has 0 saturated carbocycles. The molecule has 0 saturated heterocycles. The second kappa shape index (κ2) is 3.21. The van der Waals surface area contributed by atoms with Gasteiger partial charge in [0, 0.05) is 10.6 Å². The summed E-state index contributed by atoms with van der Waals surface area (Å²) in [5.41, 5.74) is 5.79. The van der Waals surface area contributed by atoms with Crippen LogP contribution < -0.4 is 5.73 Å². The minimum Gasteiger partial charge on any atom is -0.768 e. The summed E-state index contributed by atoms with van der Waals surface area (Å²) >= 11 is 3.27. The maximum absolute atomic E-state index is 10.4. The zero-order valence-electron chi connectivity index (χ0n) is 5.41. The van der Waals surface area contributed by atoms with E-state index in [0.29, 0.717) is 5.69 Å². The molecule has 2 N–H and O–H groups in total. The van der Waals surface area contributed by atoms with Crippen LogP contribution in [0.5, 0.6) is 0 Å². The lowest BCUT2D eigenvalue weighted by Crippen LogP contribution is -1.91. The SMILES string of the molecule is Nc1ccc(S(=O)[O-])c(Cl)c1. The molecule has 3 nitrogen and oxygen atoms in total. The summed E-state index contributed by atoms with van der Waals surface area (Å²) in [7, 11) is 0. The summed E-state index contributed by atoms with van der Waals surface area (Å²) in [6.45, 7) is 0. The van der Waals surface area contributed by atoms with E-state index < -0.39 is 11.1 Å². The molecule has 0 radical (unpaired) electrons. The Morgan fingerprint density at radius 1 is 1.55 bits per heavy atom. The van der Waals surface area contributed by atoms with Crippen molar-refractivity contribution < 1.29 is 8.76 Å². The molecule has 11 heavy (non-hydrogen) atoms. The third kappa shape index (κ3) is 1.92. The van der Waals surface area contributed by atoms with Gasteiger partial charge in [0.05, 0.1) is 5.02 Å². The van der Waals surface area contributed by atoms with Gasteiger partial charge in [-0.1, -0.05) is 11.6 Å². The maximum atomic E-state index is 10.4. The first-order valence-corrected chi connectivity index (χ1v) is 4.21. The van der Waals surface area contributed by atoms with Crippen LogP contribution in [0.3, 0.4) is 0 Å². The van der Waals surface area contributed by atoms with Gasteiger partial charge in [0.2, 0.25) is 0 Å². The first-order chi connectivity index (χ1) is 5.11. The smallest absolute Gasteiger partial charge is 0.0576 e. The van der Waals surface area contributed by atoms with Gasteiger partial charge in [0.15, 0.2) is 0 Å². The van der Waals surface area contributed by atoms with Crippen molar-refractivity contribution in [3.8, 4) is 0 Å². The van der Waals surface area contributed by atoms with Gasteiger partial charge < -0.3 is 10.3 Å². The second-order valence-corrected chi connectivity index (χ2v) is 3.24. The predicted octanol–water partition coefficient (Wildman–Crippen LogP) is 1.16. The Bertz CT molecular complexity index is 303. The summed E-state index contributed by atoms with van der Waals surface area (Å²) in [5, 5.41) is 0.151. The molecule has 0 bridgehead atoms. The molecular formula is C6H5ClNO2S-. The number of rotatable bonds is 1. The predicted molar refractivity (Wildman–Crippen MR) is 43.1 cm³/mol. The zero-order chi connectivity index (χ0) is 8.43. The third-order valence-electron chi connectivity index (χ3n) is 1.14. The Morgan fingerprint density at radius 2 is 2.18 bits per heavy atom. The minimum absolute atomic E-state index is 0.0702. The Hall–Kier alpha value is -0.580. The molecule has 1 aromatic carbocycles. The highest BCUT2D eigenvalue weighted by Gasteiger charge is 1.99. The van der Waals surface area contributed by atoms with Gasteiger partial charge in [-0.25, -0.2) is 0 Å². The highest BCUT2D eigenvalue weighted by molar-refractivity contribution is 7.79. The summed E-state index contributed by atoms with van der Waals surface area (Å²) in [5.74, 6) is 0. The number of hydrogen-bond donors (Lipinski definition) is 1. The van der Waals surface area contributed by atoms with Gasteiger partial charge in [-0.2, -0.15) is 0 Å². The molecule has 5 heteroatoms. The second-order valence-electron chi connectivity index (χ2n) is 1.92. The van der Waals surface area contributed by atoms with Crippen LogP contribution in [0.1, 0.15) is 0 Å². The molecular weight excluding hydrogens is 186 g/mol. The number of nitrogen functional groups attached to an aromatic ring is 1. The van der Waals surface area contributed by atoms with Gasteiger partial charge in [-0.15, -0.1) is 0 Å². The lowest BCUT2D eigenvalue weighted by atomic mass is 10.3. The lowest BCUT2D eigenvalue weighted by Gasteiger charge is -2.06. The molecule has 0 aliphatic heterocycles. The van der Waals surface area contributed by atoms with Crippen LogP contribution in [-0.2, 0) is 11.1 Å². The fourth-order valence-electron chi connectivity index (χ4n) is 0.652. The first-order valence-electron chi connectivity index (χ1n) is 2.75. The molecule has 0 aromatic heterocycles. The molecule has 1 atom stereocenters. The summed E-state index contributed by atoms with van der Waals surface area (Å²) in [6.07, 6.45) is 0. The Kier molecular flexibility index (Phi) is 2.49. The molecule has 1 unspecified atom stereocenters. The van der Waals surface area contributed by atoms with E-state index in [4.69, 9.17) is 17.3 Å². The van der Waals surface area contributed by atoms with E-state index in [1.165, 1.54) is 18.2 Å². The van der Waals surface area contributed by atoms with E-state index in [9.17, 15) is 8.76 Å². The van der Waals surface area contributed by atoms with Crippen LogP contribution in [-0.4, -0.2) is 8.76 Å². The van der Waals surface area contributed by atoms with Crippen molar-refractivity contribution in [2.45, 2.75) is 4.90 Å². The van der Waals surface area contributed by atoms with Crippen molar-refractivity contribution >= 4 is 28.4 Å². The van der Waals surface area contributed by atoms with Crippen LogP contribution in [0.2, 0.25) is 5.02 Å². The summed E-state index contributed by atoms with van der Waals surface area (Å²) in [4.78, 5) is 0.0702.